The van der Waals surface area contributed by atoms with Gasteiger partial charge in [0.15, 0.2) is 0 Å². The number of aliphatic hydroxyl groups is 1. The van der Waals surface area contributed by atoms with E-state index < -0.39 is 5.60 Å². The molecular weight excluding hydrogens is 382 g/mol. The van der Waals surface area contributed by atoms with Gasteiger partial charge >= 0.3 is 0 Å². The Kier molecular flexibility index (Phi) is 5.68. The van der Waals surface area contributed by atoms with Gasteiger partial charge in [-0.3, -0.25) is 0 Å². The number of nitrogens with zero attached hydrogens (tertiary/aromatic N) is 2. The maximum Gasteiger partial charge on any atom is 0.107 e. The molecule has 3 aliphatic rings. The number of hydrogen-bond acceptors (Lipinski definition) is 3. The molecule has 2 N–H and O–H groups in total. The van der Waals surface area contributed by atoms with Crippen LogP contribution in [0.2, 0.25) is 0 Å². The molecule has 3 atom stereocenters. The highest BCUT2D eigenvalue weighted by atomic mass is 16.3. The van der Waals surface area contributed by atoms with E-state index in [1.54, 1.807) is 0 Å². The van der Waals surface area contributed by atoms with Crippen LogP contribution in [0.4, 0.5) is 0 Å². The van der Waals surface area contributed by atoms with Gasteiger partial charge in [-0.05, 0) is 74.9 Å². The lowest BCUT2D eigenvalue weighted by molar-refractivity contribution is -0.0574. The molecule has 2 aromatic carbocycles. The maximum absolute atomic E-state index is 11.5. The fraction of sp³-hybridized carbons (Fsp3) is 0.444. The highest BCUT2D eigenvalue weighted by molar-refractivity contribution is 5.74. The lowest BCUT2D eigenvalue weighted by Crippen LogP contribution is -2.48. The summed E-state index contributed by atoms with van der Waals surface area (Å²) in [4.78, 5) is 10.5. The Labute approximate surface area is 185 Å². The fourth-order valence-electron chi connectivity index (χ4n) is 5.57. The second-order valence-electron chi connectivity index (χ2n) is 9.53. The molecule has 0 spiro atoms. The quantitative estimate of drug-likeness (QED) is 0.541. The van der Waals surface area contributed by atoms with E-state index in [2.05, 4.69) is 70.5 Å². The van der Waals surface area contributed by atoms with E-state index in [1.165, 1.54) is 17.6 Å². The van der Waals surface area contributed by atoms with Gasteiger partial charge < -0.3 is 15.0 Å². The first-order valence-corrected chi connectivity index (χ1v) is 11.7. The second-order valence-corrected chi connectivity index (χ2v) is 9.53. The monoisotopic (exact) mass is 415 g/mol. The van der Waals surface area contributed by atoms with Crippen molar-refractivity contribution in [1.82, 2.24) is 14.9 Å². The second kappa shape index (κ2) is 8.60. The fourth-order valence-corrected chi connectivity index (χ4v) is 5.57. The van der Waals surface area contributed by atoms with Gasteiger partial charge in [-0.2, -0.15) is 0 Å². The molecule has 4 nitrogen and oxygen atoms in total. The van der Waals surface area contributed by atoms with Crippen LogP contribution in [-0.4, -0.2) is 45.7 Å². The van der Waals surface area contributed by atoms with Crippen molar-refractivity contribution in [3.8, 4) is 0 Å². The Bertz CT molecular complexity index is 1020. The lowest BCUT2D eigenvalue weighted by atomic mass is 9.61. The van der Waals surface area contributed by atoms with Crippen LogP contribution in [-0.2, 0) is 6.42 Å². The summed E-state index contributed by atoms with van der Waals surface area (Å²) < 4.78 is 0. The molecule has 4 heteroatoms. The maximum atomic E-state index is 11.5. The van der Waals surface area contributed by atoms with Gasteiger partial charge in [0.05, 0.1) is 16.6 Å². The van der Waals surface area contributed by atoms with E-state index >= 15 is 0 Å². The standard InChI is InChI=1S/C27H33N3O/c1-30(16-7-12-26-28-24-10-5-6-11-25(24)29-26)17-15-27(31)19-21-13-14-22(27)18-23(21)20-8-3-2-4-9-20/h2-6,8-11,18,21-22,31H,7,12-17,19H2,1H3,(H,28,29)/t21-,22+,27+/m1/s1. The van der Waals surface area contributed by atoms with Crippen molar-refractivity contribution in [1.29, 1.82) is 0 Å². The van der Waals surface area contributed by atoms with E-state index in [0.717, 1.165) is 62.1 Å². The molecule has 3 aromatic rings. The van der Waals surface area contributed by atoms with Crippen LogP contribution in [0.25, 0.3) is 16.6 Å². The summed E-state index contributed by atoms with van der Waals surface area (Å²) in [5.41, 5.74) is 4.41. The Morgan fingerprint density at radius 3 is 2.65 bits per heavy atom. The van der Waals surface area contributed by atoms with Crippen molar-refractivity contribution in [3.05, 3.63) is 72.1 Å². The van der Waals surface area contributed by atoms with Gasteiger partial charge in [-0.15, -0.1) is 0 Å². The van der Waals surface area contributed by atoms with Crippen molar-refractivity contribution in [2.75, 3.05) is 20.1 Å². The molecule has 0 saturated heterocycles. The molecule has 2 bridgehead atoms. The van der Waals surface area contributed by atoms with Crippen molar-refractivity contribution in [3.63, 3.8) is 0 Å². The highest BCUT2D eigenvalue weighted by Crippen LogP contribution is 2.51. The summed E-state index contributed by atoms with van der Waals surface area (Å²) in [5, 5.41) is 11.5. The lowest BCUT2D eigenvalue weighted by Gasteiger charge is -2.48. The van der Waals surface area contributed by atoms with E-state index in [1.807, 2.05) is 12.1 Å². The topological polar surface area (TPSA) is 52.2 Å². The zero-order valence-electron chi connectivity index (χ0n) is 18.4. The molecular formula is C27H33N3O. The summed E-state index contributed by atoms with van der Waals surface area (Å²) in [6, 6.07) is 18.9. The van der Waals surface area contributed by atoms with Crippen molar-refractivity contribution < 1.29 is 5.11 Å². The number of fused-ring (bicyclic) bond motifs is 3. The van der Waals surface area contributed by atoms with E-state index in [9.17, 15) is 5.11 Å². The number of benzene rings is 2. The van der Waals surface area contributed by atoms with Gasteiger partial charge in [0.25, 0.3) is 0 Å². The smallest absolute Gasteiger partial charge is 0.107 e. The molecule has 1 fully saturated rings. The molecule has 0 unspecified atom stereocenters. The number of aromatic amines is 1. The number of allylic oxidation sites excluding steroid dienone is 1. The Morgan fingerprint density at radius 1 is 1.06 bits per heavy atom. The molecule has 31 heavy (non-hydrogen) atoms. The average molecular weight is 416 g/mol. The molecule has 3 aliphatic carbocycles. The van der Waals surface area contributed by atoms with Gasteiger partial charge in [-0.25, -0.2) is 4.98 Å². The number of hydrogen-bond donors (Lipinski definition) is 2. The highest BCUT2D eigenvalue weighted by Gasteiger charge is 2.46. The molecule has 6 rings (SSSR count). The summed E-state index contributed by atoms with van der Waals surface area (Å²) >= 11 is 0. The number of aromatic nitrogens is 2. The minimum absolute atomic E-state index is 0.289. The SMILES string of the molecule is CN(CCCc1nc2ccccc2[nH]1)CC[C@]1(O)C[C@H]2CC[C@H]1C=C2c1ccccc1. The first-order chi connectivity index (χ1) is 15.1. The molecule has 0 aliphatic heterocycles. The van der Waals surface area contributed by atoms with Crippen molar-refractivity contribution >= 4 is 16.6 Å². The number of H-pyrrole nitrogens is 1. The molecule has 0 radical (unpaired) electrons. The summed E-state index contributed by atoms with van der Waals surface area (Å²) in [7, 11) is 2.17. The van der Waals surface area contributed by atoms with Gasteiger partial charge in [0.1, 0.15) is 5.82 Å². The first-order valence-electron chi connectivity index (χ1n) is 11.7. The predicted molar refractivity (Wildman–Crippen MR) is 127 cm³/mol. The van der Waals surface area contributed by atoms with Gasteiger partial charge in [0, 0.05) is 18.9 Å². The Morgan fingerprint density at radius 2 is 1.87 bits per heavy atom. The Hall–Kier alpha value is -2.43. The zero-order chi connectivity index (χ0) is 21.3. The third-order valence-corrected chi connectivity index (χ3v) is 7.36. The molecule has 0 amide bonds. The number of nitrogens with one attached hydrogen (secondary N) is 1. The first kappa shape index (κ1) is 20.5. The van der Waals surface area contributed by atoms with Crippen molar-refractivity contribution in [2.24, 2.45) is 11.8 Å². The zero-order valence-corrected chi connectivity index (χ0v) is 18.4. The van der Waals surface area contributed by atoms with Crippen LogP contribution in [0.1, 0.15) is 43.5 Å². The number of aryl methyl sites for hydroxylation is 1. The van der Waals surface area contributed by atoms with Gasteiger partial charge in [-0.1, -0.05) is 48.5 Å². The van der Waals surface area contributed by atoms with Crippen LogP contribution >= 0.6 is 0 Å². The van der Waals surface area contributed by atoms with Crippen LogP contribution in [0.5, 0.6) is 0 Å². The predicted octanol–water partition coefficient (Wildman–Crippen LogP) is 5.06. The van der Waals surface area contributed by atoms with Crippen LogP contribution < -0.4 is 0 Å². The summed E-state index contributed by atoms with van der Waals surface area (Å²) in [6.07, 6.45) is 8.50. The molecule has 1 saturated carbocycles. The molecule has 1 aromatic heterocycles. The normalized spacial score (nSPS) is 25.3. The Balaban J connectivity index is 1.13. The van der Waals surface area contributed by atoms with E-state index in [-0.39, 0.29) is 5.92 Å². The minimum Gasteiger partial charge on any atom is -0.389 e. The number of imidazole rings is 1. The average Bonchev–Trinajstić information content (AvgIpc) is 3.21. The minimum atomic E-state index is -0.547. The summed E-state index contributed by atoms with van der Waals surface area (Å²) in [5.74, 6) is 1.85. The molecule has 162 valence electrons. The third-order valence-electron chi connectivity index (χ3n) is 7.36. The van der Waals surface area contributed by atoms with Crippen molar-refractivity contribution in [2.45, 2.75) is 44.1 Å². The van der Waals surface area contributed by atoms with E-state index in [0.29, 0.717) is 5.92 Å². The number of para-hydroxylation sites is 2. The van der Waals surface area contributed by atoms with Gasteiger partial charge in [0.2, 0.25) is 0 Å². The third kappa shape index (κ3) is 4.32. The van der Waals surface area contributed by atoms with Crippen LogP contribution in [0, 0.1) is 11.8 Å². The molecule has 1 heterocycles. The summed E-state index contributed by atoms with van der Waals surface area (Å²) in [6.45, 7) is 1.96. The van der Waals surface area contributed by atoms with E-state index in [4.69, 9.17) is 0 Å². The van der Waals surface area contributed by atoms with Crippen LogP contribution in [0.15, 0.2) is 60.7 Å². The number of rotatable bonds is 8. The largest absolute Gasteiger partial charge is 0.389 e. The van der Waals surface area contributed by atoms with Crippen LogP contribution in [0.3, 0.4) is 0 Å².